The molecule has 1 aromatic carbocycles. The Hall–Kier alpha value is -2.43. The van der Waals surface area contributed by atoms with Crippen molar-refractivity contribution in [3.63, 3.8) is 0 Å². The molecular formula is C17H22N4O. The van der Waals surface area contributed by atoms with E-state index in [0.717, 1.165) is 24.3 Å². The maximum absolute atomic E-state index is 11.9. The first-order valence-electron chi connectivity index (χ1n) is 7.55. The van der Waals surface area contributed by atoms with Crippen molar-refractivity contribution >= 4 is 17.5 Å². The summed E-state index contributed by atoms with van der Waals surface area (Å²) in [6, 6.07) is 13.2. The average molecular weight is 298 g/mol. The van der Waals surface area contributed by atoms with Crippen molar-refractivity contribution in [2.75, 3.05) is 17.2 Å². The lowest BCUT2D eigenvalue weighted by atomic mass is 10.1. The predicted octanol–water partition coefficient (Wildman–Crippen LogP) is 3.12. The van der Waals surface area contributed by atoms with Crippen LogP contribution in [0.15, 0.2) is 42.5 Å². The highest BCUT2D eigenvalue weighted by atomic mass is 16.1. The number of hydrogen-bond donors (Lipinski definition) is 2. The van der Waals surface area contributed by atoms with Crippen molar-refractivity contribution in [2.24, 2.45) is 5.92 Å². The van der Waals surface area contributed by atoms with Crippen molar-refractivity contribution in [1.82, 2.24) is 10.2 Å². The molecule has 22 heavy (non-hydrogen) atoms. The number of nitrogens with zero attached hydrogens (tertiary/aromatic N) is 2. The zero-order valence-corrected chi connectivity index (χ0v) is 13.0. The van der Waals surface area contributed by atoms with E-state index in [0.29, 0.717) is 18.2 Å². The Bertz CT molecular complexity index is 581. The standard InChI is InChI=1S/C17H22N4O/c1-13(2)10-11-18-15-8-9-16(21-20-15)19-17(22)12-14-6-4-3-5-7-14/h3-9,13H,10-12H2,1-2H3,(H,18,20)(H,19,21,22). The van der Waals surface area contributed by atoms with E-state index < -0.39 is 0 Å². The van der Waals surface area contributed by atoms with Crippen LogP contribution >= 0.6 is 0 Å². The summed E-state index contributed by atoms with van der Waals surface area (Å²) in [6.07, 6.45) is 1.41. The maximum atomic E-state index is 11.9. The summed E-state index contributed by atoms with van der Waals surface area (Å²) < 4.78 is 0. The monoisotopic (exact) mass is 298 g/mol. The van der Waals surface area contributed by atoms with E-state index in [9.17, 15) is 4.79 Å². The highest BCUT2D eigenvalue weighted by Gasteiger charge is 2.05. The number of hydrogen-bond acceptors (Lipinski definition) is 4. The number of aromatic nitrogens is 2. The summed E-state index contributed by atoms with van der Waals surface area (Å²) in [5.41, 5.74) is 0.972. The molecule has 5 heteroatoms. The summed E-state index contributed by atoms with van der Waals surface area (Å²) in [7, 11) is 0. The third-order valence-electron chi connectivity index (χ3n) is 3.17. The lowest BCUT2D eigenvalue weighted by molar-refractivity contribution is -0.115. The second-order valence-corrected chi connectivity index (χ2v) is 5.62. The van der Waals surface area contributed by atoms with Gasteiger partial charge in [-0.3, -0.25) is 4.79 Å². The van der Waals surface area contributed by atoms with Gasteiger partial charge in [-0.1, -0.05) is 44.2 Å². The molecule has 0 bridgehead atoms. The van der Waals surface area contributed by atoms with Gasteiger partial charge >= 0.3 is 0 Å². The Balaban J connectivity index is 1.82. The van der Waals surface area contributed by atoms with Crippen LogP contribution in [0, 0.1) is 5.92 Å². The van der Waals surface area contributed by atoms with Crippen LogP contribution in [0.5, 0.6) is 0 Å². The van der Waals surface area contributed by atoms with Crippen LogP contribution in [0.1, 0.15) is 25.8 Å². The SMILES string of the molecule is CC(C)CCNc1ccc(NC(=O)Cc2ccccc2)nn1. The first kappa shape index (κ1) is 15.9. The summed E-state index contributed by atoms with van der Waals surface area (Å²) in [6.45, 7) is 5.23. The molecule has 1 aromatic heterocycles. The number of anilines is 2. The maximum Gasteiger partial charge on any atom is 0.229 e. The van der Waals surface area contributed by atoms with Crippen LogP contribution in [0.3, 0.4) is 0 Å². The molecule has 2 N–H and O–H groups in total. The van der Waals surface area contributed by atoms with E-state index in [1.807, 2.05) is 36.4 Å². The molecule has 5 nitrogen and oxygen atoms in total. The molecule has 1 heterocycles. The Labute approximate surface area is 131 Å². The smallest absolute Gasteiger partial charge is 0.229 e. The highest BCUT2D eigenvalue weighted by Crippen LogP contribution is 2.08. The molecule has 2 rings (SSSR count). The molecule has 1 amide bonds. The zero-order valence-electron chi connectivity index (χ0n) is 13.0. The summed E-state index contributed by atoms with van der Waals surface area (Å²) in [5.74, 6) is 1.75. The van der Waals surface area contributed by atoms with Crippen LogP contribution in [0.25, 0.3) is 0 Å². The molecule has 0 atom stereocenters. The molecular weight excluding hydrogens is 276 g/mol. The largest absolute Gasteiger partial charge is 0.369 e. The van der Waals surface area contributed by atoms with Gasteiger partial charge in [-0.15, -0.1) is 10.2 Å². The molecule has 0 aliphatic rings. The number of rotatable bonds is 7. The van der Waals surface area contributed by atoms with E-state index >= 15 is 0 Å². The average Bonchev–Trinajstić information content (AvgIpc) is 2.49. The number of amides is 1. The Kier molecular flexibility index (Phi) is 5.89. The molecule has 0 fully saturated rings. The second-order valence-electron chi connectivity index (χ2n) is 5.62. The van der Waals surface area contributed by atoms with Gasteiger partial charge in [-0.05, 0) is 30.0 Å². The highest BCUT2D eigenvalue weighted by molar-refractivity contribution is 5.91. The van der Waals surface area contributed by atoms with Gasteiger partial charge in [-0.25, -0.2) is 0 Å². The fourth-order valence-electron chi connectivity index (χ4n) is 1.95. The molecule has 0 aliphatic carbocycles. The van der Waals surface area contributed by atoms with Crippen molar-refractivity contribution < 1.29 is 4.79 Å². The van der Waals surface area contributed by atoms with Gasteiger partial charge < -0.3 is 10.6 Å². The lowest BCUT2D eigenvalue weighted by Gasteiger charge is -2.08. The third kappa shape index (κ3) is 5.52. The molecule has 0 unspecified atom stereocenters. The second kappa shape index (κ2) is 8.12. The van der Waals surface area contributed by atoms with Gasteiger partial charge in [0.05, 0.1) is 6.42 Å². The molecule has 0 aliphatic heterocycles. The predicted molar refractivity (Wildman–Crippen MR) is 88.8 cm³/mol. The van der Waals surface area contributed by atoms with E-state index in [2.05, 4.69) is 34.7 Å². The number of carbonyl (C=O) groups is 1. The summed E-state index contributed by atoms with van der Waals surface area (Å²) >= 11 is 0. The van der Waals surface area contributed by atoms with Crippen molar-refractivity contribution in [2.45, 2.75) is 26.7 Å². The number of benzene rings is 1. The molecule has 0 saturated carbocycles. The van der Waals surface area contributed by atoms with Gasteiger partial charge in [-0.2, -0.15) is 0 Å². The molecule has 116 valence electrons. The first-order chi connectivity index (χ1) is 10.6. The van der Waals surface area contributed by atoms with Crippen molar-refractivity contribution in [1.29, 1.82) is 0 Å². The minimum Gasteiger partial charge on any atom is -0.369 e. The number of nitrogens with one attached hydrogen (secondary N) is 2. The van der Waals surface area contributed by atoms with Crippen LogP contribution < -0.4 is 10.6 Å². The first-order valence-corrected chi connectivity index (χ1v) is 7.55. The molecule has 0 saturated heterocycles. The van der Waals surface area contributed by atoms with Crippen molar-refractivity contribution in [3.05, 3.63) is 48.0 Å². The van der Waals surface area contributed by atoms with Crippen LogP contribution in [0.4, 0.5) is 11.6 Å². The van der Waals surface area contributed by atoms with Crippen LogP contribution in [-0.2, 0) is 11.2 Å². The van der Waals surface area contributed by atoms with E-state index in [1.54, 1.807) is 6.07 Å². The topological polar surface area (TPSA) is 66.9 Å². The van der Waals surface area contributed by atoms with Crippen molar-refractivity contribution in [3.8, 4) is 0 Å². The van der Waals surface area contributed by atoms with Crippen LogP contribution in [0.2, 0.25) is 0 Å². The Morgan fingerprint density at radius 3 is 2.36 bits per heavy atom. The quantitative estimate of drug-likeness (QED) is 0.824. The van der Waals surface area contributed by atoms with Gasteiger partial charge in [0.1, 0.15) is 5.82 Å². The Morgan fingerprint density at radius 2 is 1.73 bits per heavy atom. The normalized spacial score (nSPS) is 10.5. The van der Waals surface area contributed by atoms with Gasteiger partial charge in [0.15, 0.2) is 5.82 Å². The minimum absolute atomic E-state index is 0.0963. The third-order valence-corrected chi connectivity index (χ3v) is 3.17. The van der Waals surface area contributed by atoms with E-state index in [1.165, 1.54) is 0 Å². The van der Waals surface area contributed by atoms with Gasteiger partial charge in [0, 0.05) is 6.54 Å². The summed E-state index contributed by atoms with van der Waals surface area (Å²) in [4.78, 5) is 11.9. The van der Waals surface area contributed by atoms with E-state index in [-0.39, 0.29) is 5.91 Å². The molecule has 2 aromatic rings. The fraction of sp³-hybridized carbons (Fsp3) is 0.353. The minimum atomic E-state index is -0.0963. The molecule has 0 spiro atoms. The van der Waals surface area contributed by atoms with E-state index in [4.69, 9.17) is 0 Å². The number of carbonyl (C=O) groups excluding carboxylic acids is 1. The zero-order chi connectivity index (χ0) is 15.8. The fourth-order valence-corrected chi connectivity index (χ4v) is 1.95. The molecule has 0 radical (unpaired) electrons. The Morgan fingerprint density at radius 1 is 1.05 bits per heavy atom. The summed E-state index contributed by atoms with van der Waals surface area (Å²) in [5, 5.41) is 14.0. The lowest BCUT2D eigenvalue weighted by Crippen LogP contribution is -2.16. The van der Waals surface area contributed by atoms with Gasteiger partial charge in [0.25, 0.3) is 0 Å². The van der Waals surface area contributed by atoms with Crippen LogP contribution in [-0.4, -0.2) is 22.6 Å². The van der Waals surface area contributed by atoms with Gasteiger partial charge in [0.2, 0.25) is 5.91 Å².